The maximum Gasteiger partial charge on any atom is 0.174 e. The van der Waals surface area contributed by atoms with Crippen molar-refractivity contribution in [2.24, 2.45) is 0 Å². The molecule has 4 aromatic carbocycles. The summed E-state index contributed by atoms with van der Waals surface area (Å²) in [5.74, 6) is -0.862. The van der Waals surface area contributed by atoms with E-state index in [1.54, 1.807) is 18.9 Å². The van der Waals surface area contributed by atoms with Gasteiger partial charge in [0.1, 0.15) is 29.9 Å². The lowest BCUT2D eigenvalue weighted by atomic mass is 9.98. The van der Waals surface area contributed by atoms with Crippen LogP contribution < -0.4 is 0 Å². The van der Waals surface area contributed by atoms with E-state index < -0.39 is 35.6 Å². The van der Waals surface area contributed by atoms with Gasteiger partial charge in [-0.1, -0.05) is 144 Å². The smallest absolute Gasteiger partial charge is 0.174 e. The molecule has 0 amide bonds. The monoisotopic (exact) mass is 740 g/mol. The van der Waals surface area contributed by atoms with E-state index in [0.29, 0.717) is 30.9 Å². The van der Waals surface area contributed by atoms with E-state index in [-0.39, 0.29) is 0 Å². The van der Waals surface area contributed by atoms with Crippen LogP contribution >= 0.6 is 34.4 Å². The van der Waals surface area contributed by atoms with Crippen LogP contribution in [-0.2, 0) is 48.2 Å². The van der Waals surface area contributed by atoms with E-state index in [2.05, 4.69) is 71.1 Å². The van der Waals surface area contributed by atoms with Gasteiger partial charge >= 0.3 is 0 Å². The van der Waals surface area contributed by atoms with E-state index in [0.717, 1.165) is 21.6 Å². The van der Waals surface area contributed by atoms with Crippen molar-refractivity contribution < 1.29 is 28.4 Å². The number of alkyl halides is 1. The highest BCUT2D eigenvalue weighted by Gasteiger charge is 2.51. The van der Waals surface area contributed by atoms with Gasteiger partial charge in [-0.15, -0.1) is 0 Å². The highest BCUT2D eigenvalue weighted by Crippen LogP contribution is 2.40. The number of halogens is 1. The Hall–Kier alpha value is -2.28. The van der Waals surface area contributed by atoms with Gasteiger partial charge in [-0.05, 0) is 35.7 Å². The SMILES string of the molecule is COC(C)(CI)O[C@H]1[C@@H](OCc2ccccc2)[C@H](OCc2ccccc2)[C@@H](COCc2ccccc2)O[C@@H]1Sc1ccccc1. The van der Waals surface area contributed by atoms with E-state index in [4.69, 9.17) is 28.4 Å². The Balaban J connectivity index is 1.48. The van der Waals surface area contributed by atoms with E-state index in [1.807, 2.05) is 79.7 Å². The summed E-state index contributed by atoms with van der Waals surface area (Å²) < 4.78 is 40.1. The van der Waals surface area contributed by atoms with Crippen LogP contribution in [0.1, 0.15) is 23.6 Å². The third-order valence-electron chi connectivity index (χ3n) is 7.61. The quantitative estimate of drug-likeness (QED) is 0.0655. The molecule has 1 aliphatic heterocycles. The second kappa shape index (κ2) is 17.6. The standard InChI is InChI=1S/C37H41IO6S/c1-37(27-38,39-2)44-35-34(42-25-30-19-11-5-12-20-30)33(41-24-29-17-9-4-10-18-29)32(26-40-23-28-15-7-3-8-16-28)43-36(35)45-31-21-13-6-14-22-31/h3-22,32-36H,23-27H2,1-2H3/t32-,33-,34+,35+,36-,37?/m1/s1. The molecule has 1 heterocycles. The molecule has 1 aliphatic rings. The third kappa shape index (κ3) is 10.1. The molecule has 1 fully saturated rings. The normalized spacial score (nSPS) is 23.0. The number of hydrogen-bond donors (Lipinski definition) is 0. The zero-order valence-corrected chi connectivity index (χ0v) is 28.7. The minimum atomic E-state index is -0.862. The van der Waals surface area contributed by atoms with Gasteiger partial charge in [0.05, 0.1) is 30.9 Å². The van der Waals surface area contributed by atoms with Crippen molar-refractivity contribution >= 4 is 34.4 Å². The summed E-state index contributed by atoms with van der Waals surface area (Å²) in [7, 11) is 1.67. The average Bonchev–Trinajstić information content (AvgIpc) is 3.09. The van der Waals surface area contributed by atoms with Crippen LogP contribution in [0, 0.1) is 0 Å². The lowest BCUT2D eigenvalue weighted by Crippen LogP contribution is -2.62. The summed E-state index contributed by atoms with van der Waals surface area (Å²) in [6.07, 6.45) is -1.93. The maximum atomic E-state index is 6.91. The van der Waals surface area contributed by atoms with Crippen LogP contribution in [0.4, 0.5) is 0 Å². The second-order valence-electron chi connectivity index (χ2n) is 11.1. The summed E-state index contributed by atoms with van der Waals surface area (Å²) in [5.41, 5.74) is 2.81. The zero-order chi connectivity index (χ0) is 31.3. The van der Waals surface area contributed by atoms with Gasteiger partial charge in [-0.2, -0.15) is 0 Å². The maximum absolute atomic E-state index is 6.91. The van der Waals surface area contributed by atoms with Crippen molar-refractivity contribution in [2.75, 3.05) is 18.1 Å². The van der Waals surface area contributed by atoms with Crippen molar-refractivity contribution in [2.45, 2.75) is 67.3 Å². The highest BCUT2D eigenvalue weighted by atomic mass is 127. The molecule has 6 nitrogen and oxygen atoms in total. The summed E-state index contributed by atoms with van der Waals surface area (Å²) in [5, 5.41) is 0. The van der Waals surface area contributed by atoms with E-state index in [9.17, 15) is 0 Å². The Bertz CT molecular complexity index is 1380. The number of hydrogen-bond acceptors (Lipinski definition) is 7. The average molecular weight is 741 g/mol. The van der Waals surface area contributed by atoms with E-state index in [1.165, 1.54) is 0 Å². The lowest BCUT2D eigenvalue weighted by Gasteiger charge is -2.48. The Labute approximate surface area is 284 Å². The van der Waals surface area contributed by atoms with Crippen LogP contribution in [-0.4, -0.2) is 53.8 Å². The second-order valence-corrected chi connectivity index (χ2v) is 13.0. The highest BCUT2D eigenvalue weighted by molar-refractivity contribution is 14.1. The largest absolute Gasteiger partial charge is 0.374 e. The van der Waals surface area contributed by atoms with E-state index >= 15 is 0 Å². The molecule has 0 N–H and O–H groups in total. The van der Waals surface area contributed by atoms with Crippen LogP contribution in [0.25, 0.3) is 0 Å². The molecule has 0 spiro atoms. The summed E-state index contributed by atoms with van der Waals surface area (Å²) >= 11 is 3.91. The van der Waals surface area contributed by atoms with Gasteiger partial charge in [0, 0.05) is 12.0 Å². The number of thioether (sulfide) groups is 1. The molecule has 8 heteroatoms. The zero-order valence-electron chi connectivity index (χ0n) is 25.7. The van der Waals surface area contributed by atoms with Gasteiger partial charge in [0.2, 0.25) is 0 Å². The first-order valence-corrected chi connectivity index (χ1v) is 17.6. The van der Waals surface area contributed by atoms with Crippen LogP contribution in [0.5, 0.6) is 0 Å². The fourth-order valence-electron chi connectivity index (χ4n) is 5.08. The minimum Gasteiger partial charge on any atom is -0.374 e. The Morgan fingerprint density at radius 2 is 1.16 bits per heavy atom. The lowest BCUT2D eigenvalue weighted by molar-refractivity contribution is -0.304. The molecule has 1 saturated heterocycles. The molecule has 1 unspecified atom stereocenters. The predicted molar refractivity (Wildman–Crippen MR) is 186 cm³/mol. The Morgan fingerprint density at radius 1 is 0.667 bits per heavy atom. The summed E-state index contributed by atoms with van der Waals surface area (Å²) in [6, 6.07) is 40.7. The number of ether oxygens (including phenoxy) is 6. The summed E-state index contributed by atoms with van der Waals surface area (Å²) in [6.45, 7) is 3.53. The molecule has 0 aliphatic carbocycles. The van der Waals surface area contributed by atoms with Crippen molar-refractivity contribution in [3.05, 3.63) is 138 Å². The van der Waals surface area contributed by atoms with Crippen LogP contribution in [0.2, 0.25) is 0 Å². The molecule has 0 radical (unpaired) electrons. The van der Waals surface area contributed by atoms with Gasteiger partial charge in [0.25, 0.3) is 0 Å². The van der Waals surface area contributed by atoms with Crippen molar-refractivity contribution in [3.63, 3.8) is 0 Å². The first-order chi connectivity index (χ1) is 22.1. The Kier molecular flexibility index (Phi) is 13.3. The first kappa shape index (κ1) is 34.1. The minimum absolute atomic E-state index is 0.325. The van der Waals surface area contributed by atoms with Gasteiger partial charge in [0.15, 0.2) is 5.79 Å². The molecule has 4 aromatic rings. The Morgan fingerprint density at radius 3 is 1.67 bits per heavy atom. The fraction of sp³-hybridized carbons (Fsp3) is 0.351. The van der Waals surface area contributed by atoms with Gasteiger partial charge < -0.3 is 28.4 Å². The molecule has 0 bridgehead atoms. The summed E-state index contributed by atoms with van der Waals surface area (Å²) in [4.78, 5) is 1.07. The molecule has 0 saturated carbocycles. The van der Waals surface area contributed by atoms with Gasteiger partial charge in [-0.3, -0.25) is 0 Å². The fourth-order valence-corrected chi connectivity index (χ4v) is 6.70. The van der Waals surface area contributed by atoms with Crippen molar-refractivity contribution in [1.29, 1.82) is 0 Å². The molecule has 238 valence electrons. The molecular formula is C37H41IO6S. The first-order valence-electron chi connectivity index (χ1n) is 15.2. The van der Waals surface area contributed by atoms with Crippen molar-refractivity contribution in [1.82, 2.24) is 0 Å². The van der Waals surface area contributed by atoms with Gasteiger partial charge in [-0.25, -0.2) is 0 Å². The molecule has 6 atom stereocenters. The molecule has 45 heavy (non-hydrogen) atoms. The topological polar surface area (TPSA) is 55.4 Å². The van der Waals surface area contributed by atoms with Crippen molar-refractivity contribution in [3.8, 4) is 0 Å². The predicted octanol–water partition coefficient (Wildman–Crippen LogP) is 8.07. The molecular weight excluding hydrogens is 699 g/mol. The third-order valence-corrected chi connectivity index (χ3v) is 10.2. The number of methoxy groups -OCH3 is 1. The number of rotatable bonds is 16. The molecule has 5 rings (SSSR count). The van der Waals surface area contributed by atoms with Crippen LogP contribution in [0.15, 0.2) is 126 Å². The number of benzene rings is 4. The molecule has 0 aromatic heterocycles. The van der Waals surface area contributed by atoms with Crippen LogP contribution in [0.3, 0.4) is 0 Å².